The smallest absolute Gasteiger partial charge is 0.325 e. The molecule has 0 aliphatic carbocycles. The molecule has 0 amide bonds. The summed E-state index contributed by atoms with van der Waals surface area (Å²) in [5.74, 6) is 0. The first kappa shape index (κ1) is 13.2. The molecular formula is C9H5F5N2O. The molecule has 8 heteroatoms. The number of halogens is 5. The highest BCUT2D eigenvalue weighted by Crippen LogP contribution is 2.33. The van der Waals surface area contributed by atoms with E-state index >= 15 is 0 Å². The summed E-state index contributed by atoms with van der Waals surface area (Å²) in [4.78, 5) is 12.8. The van der Waals surface area contributed by atoms with Crippen molar-refractivity contribution < 1.29 is 22.0 Å². The summed E-state index contributed by atoms with van der Waals surface area (Å²) >= 11 is 0. The van der Waals surface area contributed by atoms with Crippen molar-refractivity contribution in [1.82, 2.24) is 4.98 Å². The largest absolute Gasteiger partial charge is 0.422 e. The molecule has 1 aromatic heterocycles. The Morgan fingerprint density at radius 3 is 2.41 bits per heavy atom. The van der Waals surface area contributed by atoms with Gasteiger partial charge in [0.15, 0.2) is 0 Å². The van der Waals surface area contributed by atoms with Gasteiger partial charge in [0.1, 0.15) is 5.56 Å². The summed E-state index contributed by atoms with van der Waals surface area (Å²) in [6.07, 6.45) is -9.05. The van der Waals surface area contributed by atoms with E-state index in [1.165, 1.54) is 6.07 Å². The Morgan fingerprint density at radius 1 is 1.41 bits per heavy atom. The Labute approximate surface area is 91.5 Å². The molecule has 1 heterocycles. The topological polar surface area (TPSA) is 56.6 Å². The van der Waals surface area contributed by atoms with E-state index in [9.17, 15) is 26.7 Å². The Balaban J connectivity index is 3.51. The van der Waals surface area contributed by atoms with Crippen LogP contribution in [0.4, 0.5) is 22.0 Å². The number of aromatic amines is 1. The molecule has 3 nitrogen and oxygen atoms in total. The molecule has 0 spiro atoms. The van der Waals surface area contributed by atoms with Crippen LogP contribution in [0.3, 0.4) is 0 Å². The summed E-state index contributed by atoms with van der Waals surface area (Å²) in [6.45, 7) is 0. The lowest BCUT2D eigenvalue weighted by molar-refractivity contribution is -0.140. The maximum absolute atomic E-state index is 12.4. The maximum atomic E-state index is 12.4. The van der Waals surface area contributed by atoms with E-state index < -0.39 is 35.7 Å². The number of hydrogen-bond acceptors (Lipinski definition) is 2. The quantitative estimate of drug-likeness (QED) is 0.821. The van der Waals surface area contributed by atoms with Crippen molar-refractivity contribution in [3.8, 4) is 6.07 Å². The normalized spacial score (nSPS) is 11.6. The zero-order chi connectivity index (χ0) is 13.2. The molecule has 0 aliphatic heterocycles. The van der Waals surface area contributed by atoms with Crippen LogP contribution >= 0.6 is 0 Å². The Hall–Kier alpha value is -1.91. The predicted molar refractivity (Wildman–Crippen MR) is 46.3 cm³/mol. The van der Waals surface area contributed by atoms with Crippen molar-refractivity contribution in [3.63, 3.8) is 0 Å². The van der Waals surface area contributed by atoms with Gasteiger partial charge in [-0.05, 0) is 6.07 Å². The highest BCUT2D eigenvalue weighted by atomic mass is 19.4. The number of hydrogen-bond donors (Lipinski definition) is 1. The zero-order valence-corrected chi connectivity index (χ0v) is 8.11. The number of nitrogens with zero attached hydrogens (tertiary/aromatic N) is 1. The molecule has 0 atom stereocenters. The summed E-state index contributed by atoms with van der Waals surface area (Å²) < 4.78 is 62.0. The van der Waals surface area contributed by atoms with Gasteiger partial charge in [-0.1, -0.05) is 0 Å². The first-order chi connectivity index (χ1) is 7.77. The molecule has 92 valence electrons. The summed E-state index contributed by atoms with van der Waals surface area (Å²) in [6, 6.07) is 2.02. The van der Waals surface area contributed by atoms with Gasteiger partial charge in [-0.25, -0.2) is 8.78 Å². The molecule has 0 aromatic carbocycles. The Morgan fingerprint density at radius 2 is 2.00 bits per heavy atom. The summed E-state index contributed by atoms with van der Waals surface area (Å²) in [5.41, 5.74) is -5.28. The third-order valence-electron chi connectivity index (χ3n) is 1.91. The number of nitriles is 1. The van der Waals surface area contributed by atoms with Crippen molar-refractivity contribution in [3.05, 3.63) is 33.2 Å². The highest BCUT2D eigenvalue weighted by Gasteiger charge is 2.39. The van der Waals surface area contributed by atoms with Crippen LogP contribution in [-0.4, -0.2) is 4.98 Å². The summed E-state index contributed by atoms with van der Waals surface area (Å²) in [5, 5.41) is 8.29. The average Bonchev–Trinajstić information content (AvgIpc) is 2.14. The number of rotatable bonds is 2. The van der Waals surface area contributed by atoms with Gasteiger partial charge in [-0.3, -0.25) is 4.79 Å². The minimum atomic E-state index is -5.16. The summed E-state index contributed by atoms with van der Waals surface area (Å²) in [7, 11) is 0. The second-order valence-corrected chi connectivity index (χ2v) is 3.09. The SMILES string of the molecule is N#CCc1cc(C(F)F)c(C(F)(F)F)c(=O)[nH]1. The maximum Gasteiger partial charge on any atom is 0.422 e. The van der Waals surface area contributed by atoms with Gasteiger partial charge < -0.3 is 4.98 Å². The number of H-pyrrole nitrogens is 1. The minimum Gasteiger partial charge on any atom is -0.325 e. The molecule has 0 unspecified atom stereocenters. The van der Waals surface area contributed by atoms with Gasteiger partial charge >= 0.3 is 6.18 Å². The fourth-order valence-electron chi connectivity index (χ4n) is 1.28. The van der Waals surface area contributed by atoms with E-state index in [1.54, 1.807) is 4.98 Å². The van der Waals surface area contributed by atoms with E-state index in [-0.39, 0.29) is 5.69 Å². The second-order valence-electron chi connectivity index (χ2n) is 3.09. The molecule has 0 radical (unpaired) electrons. The first-order valence-corrected chi connectivity index (χ1v) is 4.25. The molecule has 0 fully saturated rings. The third-order valence-corrected chi connectivity index (χ3v) is 1.91. The van der Waals surface area contributed by atoms with Crippen molar-refractivity contribution in [2.24, 2.45) is 0 Å². The van der Waals surface area contributed by atoms with E-state index in [1.807, 2.05) is 0 Å². The molecule has 1 N–H and O–H groups in total. The molecule has 1 aromatic rings. The van der Waals surface area contributed by atoms with E-state index in [0.29, 0.717) is 6.07 Å². The van der Waals surface area contributed by atoms with Crippen LogP contribution in [0, 0.1) is 11.3 Å². The Bertz CT molecular complexity index is 512. The standard InChI is InChI=1S/C9H5F5N2O/c10-7(11)5-3-4(1-2-15)16-8(17)6(5)9(12,13)14/h3,7H,1H2,(H,16,17). The Kier molecular flexibility index (Phi) is 3.50. The van der Waals surface area contributed by atoms with Gasteiger partial charge in [0, 0.05) is 11.3 Å². The van der Waals surface area contributed by atoms with Crippen molar-refractivity contribution in [1.29, 1.82) is 5.26 Å². The molecule has 0 bridgehead atoms. The molecule has 0 saturated carbocycles. The van der Waals surface area contributed by atoms with E-state index in [4.69, 9.17) is 5.26 Å². The lowest BCUT2D eigenvalue weighted by Gasteiger charge is -2.12. The molecule has 0 saturated heterocycles. The van der Waals surface area contributed by atoms with Crippen LogP contribution in [0.25, 0.3) is 0 Å². The number of pyridine rings is 1. The lowest BCUT2D eigenvalue weighted by Crippen LogP contribution is -2.25. The molecule has 17 heavy (non-hydrogen) atoms. The molecule has 0 aliphatic rings. The number of nitrogens with one attached hydrogen (secondary N) is 1. The third kappa shape index (κ3) is 2.81. The fraction of sp³-hybridized carbons (Fsp3) is 0.333. The van der Waals surface area contributed by atoms with E-state index in [2.05, 4.69) is 0 Å². The van der Waals surface area contributed by atoms with Gasteiger partial charge in [-0.2, -0.15) is 18.4 Å². The van der Waals surface area contributed by atoms with Crippen LogP contribution < -0.4 is 5.56 Å². The van der Waals surface area contributed by atoms with Crippen LogP contribution in [-0.2, 0) is 12.6 Å². The van der Waals surface area contributed by atoms with Crippen molar-refractivity contribution >= 4 is 0 Å². The monoisotopic (exact) mass is 252 g/mol. The minimum absolute atomic E-state index is 0.277. The van der Waals surface area contributed by atoms with Crippen LogP contribution in [0.2, 0.25) is 0 Å². The van der Waals surface area contributed by atoms with Crippen LogP contribution in [0.1, 0.15) is 23.2 Å². The van der Waals surface area contributed by atoms with E-state index in [0.717, 1.165) is 0 Å². The zero-order valence-electron chi connectivity index (χ0n) is 8.11. The predicted octanol–water partition coefficient (Wildman–Crippen LogP) is 2.40. The molecular weight excluding hydrogens is 247 g/mol. The van der Waals surface area contributed by atoms with Gasteiger partial charge in [0.25, 0.3) is 12.0 Å². The van der Waals surface area contributed by atoms with Crippen molar-refractivity contribution in [2.75, 3.05) is 0 Å². The number of alkyl halides is 5. The number of aromatic nitrogens is 1. The van der Waals surface area contributed by atoms with Crippen LogP contribution in [0.5, 0.6) is 0 Å². The highest BCUT2D eigenvalue weighted by molar-refractivity contribution is 5.31. The van der Waals surface area contributed by atoms with Gasteiger partial charge in [0.2, 0.25) is 0 Å². The fourth-order valence-corrected chi connectivity index (χ4v) is 1.28. The second kappa shape index (κ2) is 4.53. The van der Waals surface area contributed by atoms with Gasteiger partial charge in [-0.15, -0.1) is 0 Å². The van der Waals surface area contributed by atoms with Crippen LogP contribution in [0.15, 0.2) is 10.9 Å². The van der Waals surface area contributed by atoms with Gasteiger partial charge in [0.05, 0.1) is 12.5 Å². The molecule has 1 rings (SSSR count). The van der Waals surface area contributed by atoms with Crippen molar-refractivity contribution in [2.45, 2.75) is 19.0 Å². The first-order valence-electron chi connectivity index (χ1n) is 4.25. The lowest BCUT2D eigenvalue weighted by atomic mass is 10.1. The average molecular weight is 252 g/mol.